The van der Waals surface area contributed by atoms with Crippen LogP contribution >= 0.6 is 0 Å². The molecule has 1 heterocycles. The first-order valence-corrected chi connectivity index (χ1v) is 7.93. The second-order valence-electron chi connectivity index (χ2n) is 6.17. The minimum Gasteiger partial charge on any atom is -0.395 e. The van der Waals surface area contributed by atoms with Crippen molar-refractivity contribution in [2.75, 3.05) is 0 Å². The number of allylic oxidation sites excluding steroid dienone is 1. The molecular weight excluding hydrogens is 267 g/mol. The number of ketones is 2. The van der Waals surface area contributed by atoms with Crippen molar-refractivity contribution in [1.29, 1.82) is 0 Å². The quantitative estimate of drug-likeness (QED) is 0.510. The van der Waals surface area contributed by atoms with Crippen LogP contribution in [0.5, 0.6) is 0 Å². The molecule has 0 spiro atoms. The second kappa shape index (κ2) is 8.49. The van der Waals surface area contributed by atoms with Crippen LogP contribution in [0, 0.1) is 11.8 Å². The normalized spacial score (nSPS) is 22.7. The molecule has 0 saturated carbocycles. The fourth-order valence-electron chi connectivity index (χ4n) is 2.17. The van der Waals surface area contributed by atoms with Gasteiger partial charge >= 0.3 is 7.12 Å². The Labute approximate surface area is 128 Å². The van der Waals surface area contributed by atoms with E-state index >= 15 is 0 Å². The summed E-state index contributed by atoms with van der Waals surface area (Å²) in [5.74, 6) is 1.31. The zero-order chi connectivity index (χ0) is 16.0. The van der Waals surface area contributed by atoms with Gasteiger partial charge in [-0.2, -0.15) is 0 Å². The Morgan fingerprint density at radius 2 is 1.52 bits per heavy atom. The standard InChI is InChI=1S/C16H27BO4/c1-6-7-8-9-10-17-20-15(13(18)11(2)3)16(21-17)14(19)12(4)5/h9-12,15-16H,6-8H2,1-5H3/b10-9+/t15-,16-/m0/s1. The average Bonchev–Trinajstić information content (AvgIpc) is 2.85. The molecule has 1 rings (SSSR count). The van der Waals surface area contributed by atoms with E-state index in [-0.39, 0.29) is 23.4 Å². The van der Waals surface area contributed by atoms with Gasteiger partial charge in [-0.05, 0) is 6.42 Å². The van der Waals surface area contributed by atoms with Crippen LogP contribution < -0.4 is 0 Å². The van der Waals surface area contributed by atoms with E-state index in [4.69, 9.17) is 9.31 Å². The van der Waals surface area contributed by atoms with Crippen molar-refractivity contribution < 1.29 is 18.9 Å². The summed E-state index contributed by atoms with van der Waals surface area (Å²) in [4.78, 5) is 24.4. The van der Waals surface area contributed by atoms with Crippen molar-refractivity contribution in [3.05, 3.63) is 12.1 Å². The summed E-state index contributed by atoms with van der Waals surface area (Å²) < 4.78 is 11.3. The Morgan fingerprint density at radius 3 is 1.90 bits per heavy atom. The number of carbonyl (C=O) groups is 2. The maximum absolute atomic E-state index is 12.2. The second-order valence-corrected chi connectivity index (χ2v) is 6.17. The van der Waals surface area contributed by atoms with Gasteiger partial charge in [0, 0.05) is 11.8 Å². The van der Waals surface area contributed by atoms with Crippen molar-refractivity contribution in [2.24, 2.45) is 11.8 Å². The number of unbranched alkanes of at least 4 members (excludes halogenated alkanes) is 2. The summed E-state index contributed by atoms with van der Waals surface area (Å²) in [6.07, 6.45) is 3.62. The van der Waals surface area contributed by atoms with Gasteiger partial charge in [-0.15, -0.1) is 0 Å². The molecule has 0 unspecified atom stereocenters. The lowest BCUT2D eigenvalue weighted by Gasteiger charge is -2.19. The predicted octanol–water partition coefficient (Wildman–Crippen LogP) is 2.99. The van der Waals surface area contributed by atoms with E-state index in [1.165, 1.54) is 0 Å². The van der Waals surface area contributed by atoms with Crippen molar-refractivity contribution in [3.63, 3.8) is 0 Å². The number of hydrogen-bond donors (Lipinski definition) is 0. The van der Waals surface area contributed by atoms with Gasteiger partial charge in [-0.25, -0.2) is 0 Å². The van der Waals surface area contributed by atoms with Crippen LogP contribution in [0.15, 0.2) is 12.1 Å². The number of carbonyl (C=O) groups excluding carboxylic acids is 2. The van der Waals surface area contributed by atoms with Crippen molar-refractivity contribution in [2.45, 2.75) is 66.1 Å². The van der Waals surface area contributed by atoms with E-state index in [0.717, 1.165) is 19.3 Å². The van der Waals surface area contributed by atoms with Crippen LogP contribution in [0.2, 0.25) is 0 Å². The van der Waals surface area contributed by atoms with Crippen LogP contribution in [-0.2, 0) is 18.9 Å². The van der Waals surface area contributed by atoms with Gasteiger partial charge in [0.1, 0.15) is 12.2 Å². The van der Waals surface area contributed by atoms with E-state index in [9.17, 15) is 9.59 Å². The molecule has 0 aliphatic carbocycles. The molecule has 1 saturated heterocycles. The lowest BCUT2D eigenvalue weighted by atomic mass is 9.89. The molecular formula is C16H27BO4. The van der Waals surface area contributed by atoms with Gasteiger partial charge in [0.15, 0.2) is 11.6 Å². The summed E-state index contributed by atoms with van der Waals surface area (Å²) in [5.41, 5.74) is 0. The first-order chi connectivity index (χ1) is 9.88. The van der Waals surface area contributed by atoms with Crippen LogP contribution in [0.3, 0.4) is 0 Å². The summed E-state index contributed by atoms with van der Waals surface area (Å²) in [6.45, 7) is 9.38. The summed E-state index contributed by atoms with van der Waals surface area (Å²) >= 11 is 0. The first-order valence-electron chi connectivity index (χ1n) is 7.93. The Balaban J connectivity index is 2.76. The highest BCUT2D eigenvalue weighted by Crippen LogP contribution is 2.24. The maximum atomic E-state index is 12.2. The molecule has 2 atom stereocenters. The van der Waals surface area contributed by atoms with Gasteiger partial charge < -0.3 is 9.31 Å². The molecule has 0 N–H and O–H groups in total. The zero-order valence-corrected chi connectivity index (χ0v) is 13.8. The van der Waals surface area contributed by atoms with E-state index < -0.39 is 19.3 Å². The monoisotopic (exact) mass is 294 g/mol. The third-order valence-electron chi connectivity index (χ3n) is 3.55. The number of rotatable bonds is 8. The van der Waals surface area contributed by atoms with Crippen molar-refractivity contribution in [1.82, 2.24) is 0 Å². The SMILES string of the molecule is CCCC/C=C/B1O[C@@H](C(=O)C(C)C)[C@H](C(=O)C(C)C)O1. The van der Waals surface area contributed by atoms with E-state index in [1.807, 2.05) is 39.7 Å². The molecule has 118 valence electrons. The fraction of sp³-hybridized carbons (Fsp3) is 0.750. The molecule has 0 aromatic heterocycles. The van der Waals surface area contributed by atoms with Gasteiger partial charge in [0.05, 0.1) is 0 Å². The molecule has 21 heavy (non-hydrogen) atoms. The minimum absolute atomic E-state index is 0.0709. The van der Waals surface area contributed by atoms with Gasteiger partial charge in [0.25, 0.3) is 0 Å². The van der Waals surface area contributed by atoms with E-state index in [1.54, 1.807) is 0 Å². The predicted molar refractivity (Wildman–Crippen MR) is 83.9 cm³/mol. The topological polar surface area (TPSA) is 52.6 Å². The highest BCUT2D eigenvalue weighted by Gasteiger charge is 2.46. The molecule has 0 aromatic rings. The Kier molecular flexibility index (Phi) is 7.33. The molecule has 1 fully saturated rings. The van der Waals surface area contributed by atoms with Gasteiger partial charge in [-0.3, -0.25) is 9.59 Å². The maximum Gasteiger partial charge on any atom is 0.487 e. The molecule has 0 aromatic carbocycles. The fourth-order valence-corrected chi connectivity index (χ4v) is 2.17. The lowest BCUT2D eigenvalue weighted by Crippen LogP contribution is -2.41. The van der Waals surface area contributed by atoms with Gasteiger partial charge in [0.2, 0.25) is 0 Å². The van der Waals surface area contributed by atoms with Crippen LogP contribution in [0.25, 0.3) is 0 Å². The zero-order valence-electron chi connectivity index (χ0n) is 13.8. The third kappa shape index (κ3) is 5.08. The van der Waals surface area contributed by atoms with Crippen molar-refractivity contribution >= 4 is 18.7 Å². The van der Waals surface area contributed by atoms with Crippen molar-refractivity contribution in [3.8, 4) is 0 Å². The third-order valence-corrected chi connectivity index (χ3v) is 3.55. The number of Topliss-reactive ketones (excluding diaryl/α,β-unsaturated/α-hetero) is 2. The molecule has 0 radical (unpaired) electrons. The largest absolute Gasteiger partial charge is 0.487 e. The van der Waals surface area contributed by atoms with Crippen LogP contribution in [0.4, 0.5) is 0 Å². The Morgan fingerprint density at radius 1 is 1.05 bits per heavy atom. The molecule has 0 bridgehead atoms. The Bertz CT molecular complexity index is 362. The van der Waals surface area contributed by atoms with Crippen LogP contribution in [0.1, 0.15) is 53.9 Å². The van der Waals surface area contributed by atoms with Crippen LogP contribution in [-0.4, -0.2) is 30.9 Å². The summed E-state index contributed by atoms with van der Waals surface area (Å²) in [7, 11) is -0.595. The van der Waals surface area contributed by atoms with E-state index in [0.29, 0.717) is 0 Å². The summed E-state index contributed by atoms with van der Waals surface area (Å²) in [6, 6.07) is 0. The molecule has 5 heteroatoms. The highest BCUT2D eigenvalue weighted by molar-refractivity contribution is 6.52. The lowest BCUT2D eigenvalue weighted by molar-refractivity contribution is -0.138. The van der Waals surface area contributed by atoms with E-state index in [2.05, 4.69) is 6.92 Å². The molecule has 4 nitrogen and oxygen atoms in total. The highest BCUT2D eigenvalue weighted by atomic mass is 16.7. The summed E-state index contributed by atoms with van der Waals surface area (Å²) in [5, 5.41) is 0. The average molecular weight is 294 g/mol. The Hall–Kier alpha value is -0.935. The number of hydrogen-bond acceptors (Lipinski definition) is 4. The van der Waals surface area contributed by atoms with Gasteiger partial charge in [-0.1, -0.05) is 59.5 Å². The minimum atomic E-state index is -0.777. The smallest absolute Gasteiger partial charge is 0.395 e. The first kappa shape index (κ1) is 18.1. The molecule has 0 amide bonds. The molecule has 1 aliphatic rings. The molecule has 1 aliphatic heterocycles.